The van der Waals surface area contributed by atoms with Crippen LogP contribution in [0.15, 0.2) is 42.5 Å². The Morgan fingerprint density at radius 3 is 2.14 bits per heavy atom. The Kier molecular flexibility index (Phi) is 5.78. The van der Waals surface area contributed by atoms with E-state index in [9.17, 15) is 14.4 Å². The summed E-state index contributed by atoms with van der Waals surface area (Å²) in [5, 5.41) is 5.39. The Hall–Kier alpha value is -3.15. The predicted octanol–water partition coefficient (Wildman–Crippen LogP) is 3.89. The number of hydrogen-bond acceptors (Lipinski definition) is 3. The van der Waals surface area contributed by atoms with E-state index in [1.54, 1.807) is 18.2 Å². The maximum absolute atomic E-state index is 13.3. The minimum atomic E-state index is -0.239. The van der Waals surface area contributed by atoms with Crippen LogP contribution in [0.1, 0.15) is 54.2 Å². The van der Waals surface area contributed by atoms with Crippen LogP contribution in [0, 0.1) is 6.92 Å². The number of benzene rings is 2. The fourth-order valence-corrected chi connectivity index (χ4v) is 3.76. The first-order valence-corrected chi connectivity index (χ1v) is 9.42. The van der Waals surface area contributed by atoms with Crippen LogP contribution in [-0.2, 0) is 9.59 Å². The average molecular weight is 379 g/mol. The lowest BCUT2D eigenvalue weighted by molar-refractivity contribution is -0.115. The van der Waals surface area contributed by atoms with E-state index < -0.39 is 0 Å². The van der Waals surface area contributed by atoms with Gasteiger partial charge in [-0.15, -0.1) is 0 Å². The van der Waals surface area contributed by atoms with Gasteiger partial charge in [-0.25, -0.2) is 0 Å². The summed E-state index contributed by atoms with van der Waals surface area (Å²) in [6.45, 7) is 5.54. The second kappa shape index (κ2) is 8.25. The van der Waals surface area contributed by atoms with Crippen molar-refractivity contribution in [2.24, 2.45) is 0 Å². The lowest BCUT2D eigenvalue weighted by Gasteiger charge is -2.27. The number of anilines is 2. The van der Waals surface area contributed by atoms with Gasteiger partial charge in [0, 0.05) is 37.3 Å². The van der Waals surface area contributed by atoms with E-state index in [4.69, 9.17) is 0 Å². The summed E-state index contributed by atoms with van der Waals surface area (Å²) < 4.78 is 0. The number of nitrogens with zero attached hydrogens (tertiary/aromatic N) is 1. The fraction of sp³-hybridized carbons (Fsp3) is 0.318. The first kappa shape index (κ1) is 19.6. The van der Waals surface area contributed by atoms with Crippen molar-refractivity contribution in [1.82, 2.24) is 4.90 Å². The molecule has 0 radical (unpaired) electrons. The van der Waals surface area contributed by atoms with Crippen LogP contribution in [0.2, 0.25) is 0 Å². The third-order valence-corrected chi connectivity index (χ3v) is 4.88. The van der Waals surface area contributed by atoms with Gasteiger partial charge >= 0.3 is 0 Å². The Morgan fingerprint density at radius 2 is 1.57 bits per heavy atom. The lowest BCUT2D eigenvalue weighted by Crippen LogP contribution is -2.31. The highest BCUT2D eigenvalue weighted by molar-refractivity contribution is 6.00. The van der Waals surface area contributed by atoms with Crippen LogP contribution in [0.25, 0.3) is 0 Å². The third-order valence-electron chi connectivity index (χ3n) is 4.88. The van der Waals surface area contributed by atoms with Crippen molar-refractivity contribution >= 4 is 29.1 Å². The quantitative estimate of drug-likeness (QED) is 0.846. The van der Waals surface area contributed by atoms with Crippen molar-refractivity contribution < 1.29 is 14.4 Å². The predicted molar refractivity (Wildman–Crippen MR) is 109 cm³/mol. The molecule has 1 unspecified atom stereocenters. The van der Waals surface area contributed by atoms with Gasteiger partial charge in [0.2, 0.25) is 11.8 Å². The minimum Gasteiger partial charge on any atom is -0.332 e. The highest BCUT2D eigenvalue weighted by atomic mass is 16.2. The number of carbonyl (C=O) groups excluding carboxylic acids is 3. The zero-order chi connectivity index (χ0) is 20.3. The number of rotatable bonds is 4. The molecule has 3 rings (SSSR count). The Labute approximate surface area is 164 Å². The first-order valence-electron chi connectivity index (χ1n) is 9.42. The van der Waals surface area contributed by atoms with E-state index in [2.05, 4.69) is 29.7 Å². The molecule has 1 heterocycles. The smallest absolute Gasteiger partial charge is 0.254 e. The zero-order valence-electron chi connectivity index (χ0n) is 16.4. The maximum atomic E-state index is 13.3. The third kappa shape index (κ3) is 4.39. The molecule has 0 saturated carbocycles. The van der Waals surface area contributed by atoms with E-state index in [0.29, 0.717) is 23.5 Å². The molecule has 0 bridgehead atoms. The van der Waals surface area contributed by atoms with Crippen molar-refractivity contribution in [2.45, 2.75) is 39.7 Å². The monoisotopic (exact) mass is 379 g/mol. The van der Waals surface area contributed by atoms with E-state index >= 15 is 0 Å². The molecule has 6 nitrogen and oxygen atoms in total. The Bertz CT molecular complexity index is 889. The zero-order valence-corrected chi connectivity index (χ0v) is 16.4. The summed E-state index contributed by atoms with van der Waals surface area (Å²) >= 11 is 0. The number of likely N-dealkylation sites (tertiary alicyclic amines) is 1. The van der Waals surface area contributed by atoms with Gasteiger partial charge in [0.05, 0.1) is 6.04 Å². The molecule has 1 aliphatic heterocycles. The van der Waals surface area contributed by atoms with E-state index in [-0.39, 0.29) is 23.8 Å². The summed E-state index contributed by atoms with van der Waals surface area (Å²) in [6, 6.07) is 13.1. The average Bonchev–Trinajstić information content (AvgIpc) is 3.09. The molecule has 146 valence electrons. The second-order valence-corrected chi connectivity index (χ2v) is 7.17. The normalized spacial score (nSPS) is 16.0. The fourth-order valence-electron chi connectivity index (χ4n) is 3.76. The van der Waals surface area contributed by atoms with Crippen molar-refractivity contribution in [2.75, 3.05) is 17.2 Å². The van der Waals surface area contributed by atoms with E-state index in [1.807, 2.05) is 17.0 Å². The van der Waals surface area contributed by atoms with Gasteiger partial charge in [0.1, 0.15) is 0 Å². The molecular weight excluding hydrogens is 354 g/mol. The molecule has 2 N–H and O–H groups in total. The molecule has 2 aromatic carbocycles. The van der Waals surface area contributed by atoms with Gasteiger partial charge in [-0.05, 0) is 49.1 Å². The topological polar surface area (TPSA) is 78.5 Å². The molecule has 1 aliphatic rings. The molecule has 1 saturated heterocycles. The van der Waals surface area contributed by atoms with Crippen LogP contribution in [0.5, 0.6) is 0 Å². The summed E-state index contributed by atoms with van der Waals surface area (Å²) in [5.74, 6) is -0.584. The van der Waals surface area contributed by atoms with Crippen LogP contribution in [0.4, 0.5) is 11.4 Å². The molecule has 1 atom stereocenters. The molecule has 28 heavy (non-hydrogen) atoms. The van der Waals surface area contributed by atoms with Gasteiger partial charge in [0.25, 0.3) is 5.91 Å². The maximum Gasteiger partial charge on any atom is 0.254 e. The summed E-state index contributed by atoms with van der Waals surface area (Å²) in [7, 11) is 0. The molecular formula is C22H25N3O3. The van der Waals surface area contributed by atoms with Crippen molar-refractivity contribution in [1.29, 1.82) is 0 Å². The van der Waals surface area contributed by atoms with Gasteiger partial charge in [-0.3, -0.25) is 14.4 Å². The van der Waals surface area contributed by atoms with Gasteiger partial charge in [0.15, 0.2) is 0 Å². The highest BCUT2D eigenvalue weighted by Crippen LogP contribution is 2.35. The van der Waals surface area contributed by atoms with E-state index in [0.717, 1.165) is 24.0 Å². The molecule has 1 fully saturated rings. The van der Waals surface area contributed by atoms with Crippen LogP contribution < -0.4 is 10.6 Å². The van der Waals surface area contributed by atoms with Crippen LogP contribution >= 0.6 is 0 Å². The summed E-state index contributed by atoms with van der Waals surface area (Å²) in [5.41, 5.74) is 3.73. The van der Waals surface area contributed by atoms with E-state index in [1.165, 1.54) is 13.8 Å². The summed E-state index contributed by atoms with van der Waals surface area (Å²) in [6.07, 6.45) is 1.86. The molecule has 0 aliphatic carbocycles. The van der Waals surface area contributed by atoms with Gasteiger partial charge in [-0.1, -0.05) is 24.3 Å². The van der Waals surface area contributed by atoms with Crippen molar-refractivity contribution in [3.05, 3.63) is 59.2 Å². The highest BCUT2D eigenvalue weighted by Gasteiger charge is 2.31. The largest absolute Gasteiger partial charge is 0.332 e. The standard InChI is InChI=1S/C22H25N3O3/c1-14-7-4-5-8-20(14)21-9-6-10-25(21)22(28)17-11-18(23-15(2)26)13-19(12-17)24-16(3)27/h4-5,7-8,11-13,21H,6,9-10H2,1-3H3,(H,23,26)(H,24,27). The number of hydrogen-bond donors (Lipinski definition) is 2. The number of nitrogens with one attached hydrogen (secondary N) is 2. The molecule has 0 spiro atoms. The SMILES string of the molecule is CC(=O)Nc1cc(NC(C)=O)cc(C(=O)N2CCCC2c2ccccc2C)c1. The van der Waals surface area contributed by atoms with Crippen LogP contribution in [-0.4, -0.2) is 29.2 Å². The first-order chi connectivity index (χ1) is 13.3. The van der Waals surface area contributed by atoms with Crippen LogP contribution in [0.3, 0.4) is 0 Å². The van der Waals surface area contributed by atoms with Crippen molar-refractivity contribution in [3.8, 4) is 0 Å². The molecule has 6 heteroatoms. The number of amides is 3. The molecule has 0 aromatic heterocycles. The second-order valence-electron chi connectivity index (χ2n) is 7.17. The summed E-state index contributed by atoms with van der Waals surface area (Å²) in [4.78, 5) is 38.1. The van der Waals surface area contributed by atoms with Gasteiger partial charge in [-0.2, -0.15) is 0 Å². The molecule has 2 aromatic rings. The number of aryl methyl sites for hydroxylation is 1. The van der Waals surface area contributed by atoms with Crippen molar-refractivity contribution in [3.63, 3.8) is 0 Å². The Morgan fingerprint density at radius 1 is 0.964 bits per heavy atom. The molecule has 3 amide bonds. The Balaban J connectivity index is 1.94. The minimum absolute atomic E-state index is 0.0299. The van der Waals surface area contributed by atoms with Gasteiger partial charge < -0.3 is 15.5 Å². The number of carbonyl (C=O) groups is 3. The lowest BCUT2D eigenvalue weighted by atomic mass is 9.99.